The molecule has 2 saturated carbocycles. The van der Waals surface area contributed by atoms with Gasteiger partial charge in [0.15, 0.2) is 0 Å². The van der Waals surface area contributed by atoms with E-state index in [1.165, 1.54) is 69.9 Å². The van der Waals surface area contributed by atoms with Gasteiger partial charge < -0.3 is 16.0 Å². The van der Waals surface area contributed by atoms with Crippen LogP contribution in [0.15, 0.2) is 35.3 Å². The summed E-state index contributed by atoms with van der Waals surface area (Å²) >= 11 is 1.67. The Morgan fingerprint density at radius 3 is 2.42 bits per heavy atom. The summed E-state index contributed by atoms with van der Waals surface area (Å²) in [7, 11) is 0. The number of amides is 3. The third-order valence-corrected chi connectivity index (χ3v) is 8.96. The largest absolute Gasteiger partial charge is 0.352 e. The summed E-state index contributed by atoms with van der Waals surface area (Å²) in [6.07, 6.45) is 13.3. The van der Waals surface area contributed by atoms with E-state index in [0.717, 1.165) is 34.8 Å². The van der Waals surface area contributed by atoms with Crippen LogP contribution in [0.3, 0.4) is 0 Å². The molecule has 2 aromatic rings. The summed E-state index contributed by atoms with van der Waals surface area (Å²) in [4.78, 5) is 30.4. The Balaban J connectivity index is 1.34. The van der Waals surface area contributed by atoms with Crippen LogP contribution in [0.25, 0.3) is 5.57 Å². The Morgan fingerprint density at radius 1 is 1.03 bits per heavy atom. The highest BCUT2D eigenvalue weighted by molar-refractivity contribution is 7.10. The number of urea groups is 1. The number of allylic oxidation sites excluding steroid dienone is 1. The van der Waals surface area contributed by atoms with Gasteiger partial charge in [-0.05, 0) is 55.7 Å². The summed E-state index contributed by atoms with van der Waals surface area (Å²) in [5, 5.41) is 12.4. The molecule has 5 rings (SSSR count). The van der Waals surface area contributed by atoms with Crippen LogP contribution in [0, 0.1) is 5.92 Å². The second-order valence-electron chi connectivity index (χ2n) is 10.5. The fourth-order valence-electron chi connectivity index (χ4n) is 5.95. The molecule has 36 heavy (non-hydrogen) atoms. The lowest BCUT2D eigenvalue weighted by molar-refractivity contribution is 0.0943. The number of hydrogen-bond donors (Lipinski definition) is 3. The molecule has 1 unspecified atom stereocenters. The second-order valence-corrected chi connectivity index (χ2v) is 11.4. The minimum Gasteiger partial charge on any atom is -0.352 e. The predicted molar refractivity (Wildman–Crippen MR) is 145 cm³/mol. The summed E-state index contributed by atoms with van der Waals surface area (Å²) in [5.41, 5.74) is 4.77. The van der Waals surface area contributed by atoms with Crippen molar-refractivity contribution in [2.45, 2.75) is 89.5 Å². The minimum atomic E-state index is -0.293. The van der Waals surface area contributed by atoms with E-state index >= 15 is 0 Å². The molecule has 2 aliphatic carbocycles. The molecule has 1 aromatic carbocycles. The van der Waals surface area contributed by atoms with E-state index in [4.69, 9.17) is 4.98 Å². The van der Waals surface area contributed by atoms with Crippen LogP contribution < -0.4 is 16.0 Å². The monoisotopic (exact) mass is 506 g/mol. The van der Waals surface area contributed by atoms with Crippen molar-refractivity contribution in [3.8, 4) is 0 Å². The lowest BCUT2D eigenvalue weighted by atomic mass is 9.87. The van der Waals surface area contributed by atoms with Crippen molar-refractivity contribution in [3.63, 3.8) is 0 Å². The molecule has 192 valence electrons. The van der Waals surface area contributed by atoms with Gasteiger partial charge >= 0.3 is 6.03 Å². The fourth-order valence-corrected chi connectivity index (χ4v) is 6.96. The molecular formula is C29H38N4O2S. The molecule has 2 heterocycles. The maximum Gasteiger partial charge on any atom is 0.319 e. The molecule has 0 radical (unpaired) electrons. The van der Waals surface area contributed by atoms with E-state index in [1.54, 1.807) is 11.3 Å². The van der Waals surface area contributed by atoms with Gasteiger partial charge in [0.05, 0.1) is 11.7 Å². The van der Waals surface area contributed by atoms with E-state index in [-0.39, 0.29) is 18.0 Å². The molecule has 3 aliphatic rings. The van der Waals surface area contributed by atoms with Crippen LogP contribution in [0.1, 0.15) is 116 Å². The average Bonchev–Trinajstić information content (AvgIpc) is 3.42. The van der Waals surface area contributed by atoms with Crippen molar-refractivity contribution in [1.29, 1.82) is 0 Å². The predicted octanol–water partition coefficient (Wildman–Crippen LogP) is 6.68. The maximum absolute atomic E-state index is 12.8. The van der Waals surface area contributed by atoms with Crippen molar-refractivity contribution in [1.82, 2.24) is 20.9 Å². The van der Waals surface area contributed by atoms with E-state index in [9.17, 15) is 9.59 Å². The number of nitrogens with one attached hydrogen (secondary N) is 3. The highest BCUT2D eigenvalue weighted by Crippen LogP contribution is 2.39. The molecular weight excluding hydrogens is 468 g/mol. The standard InChI is InChI=1S/C29H38N4O2S/c1-2-23-25(28-31-24(18-36-28)20-11-7-4-8-12-20)26(33-29(35)32-23)21-13-15-22(16-14-21)27(34)30-17-19-9-5-3-6-10-19/h13-16,18-20,26H,2-12,17H2,1H3,(H,30,34)(H2,32,33,35). The number of nitrogens with zero attached hydrogens (tertiary/aromatic N) is 1. The van der Waals surface area contributed by atoms with Crippen molar-refractivity contribution < 1.29 is 9.59 Å². The SMILES string of the molecule is CCC1=C(c2nc(C3CCCCC3)cs2)C(c2ccc(C(=O)NCC3CCCCC3)cc2)NC(=O)N1. The summed E-state index contributed by atoms with van der Waals surface area (Å²) in [6, 6.07) is 7.19. The first-order valence-electron chi connectivity index (χ1n) is 13.8. The first kappa shape index (κ1) is 25.0. The molecule has 0 bridgehead atoms. The van der Waals surface area contributed by atoms with Gasteiger partial charge in [-0.1, -0.05) is 57.6 Å². The Labute approximate surface area is 218 Å². The molecule has 6 nitrogen and oxygen atoms in total. The lowest BCUT2D eigenvalue weighted by Gasteiger charge is -2.29. The van der Waals surface area contributed by atoms with Crippen molar-refractivity contribution in [2.75, 3.05) is 6.54 Å². The first-order chi connectivity index (χ1) is 17.6. The molecule has 0 spiro atoms. The Bertz CT molecular complexity index is 1090. The highest BCUT2D eigenvalue weighted by atomic mass is 32.1. The number of rotatable bonds is 7. The zero-order valence-corrected chi connectivity index (χ0v) is 22.1. The van der Waals surface area contributed by atoms with Gasteiger partial charge in [-0.25, -0.2) is 9.78 Å². The quantitative estimate of drug-likeness (QED) is 0.392. The highest BCUT2D eigenvalue weighted by Gasteiger charge is 2.31. The van der Waals surface area contributed by atoms with Crippen molar-refractivity contribution in [3.05, 3.63) is 57.2 Å². The Morgan fingerprint density at radius 2 is 1.72 bits per heavy atom. The van der Waals surface area contributed by atoms with Crippen LogP contribution >= 0.6 is 11.3 Å². The van der Waals surface area contributed by atoms with E-state index in [2.05, 4.69) is 28.3 Å². The number of benzene rings is 1. The zero-order valence-electron chi connectivity index (χ0n) is 21.3. The molecule has 3 N–H and O–H groups in total. The molecule has 7 heteroatoms. The third kappa shape index (κ3) is 5.66. The van der Waals surface area contributed by atoms with Crippen molar-refractivity contribution in [2.24, 2.45) is 5.92 Å². The maximum atomic E-state index is 12.8. The van der Waals surface area contributed by atoms with Crippen LogP contribution in [0.5, 0.6) is 0 Å². The van der Waals surface area contributed by atoms with Gasteiger partial charge in [0.1, 0.15) is 5.01 Å². The molecule has 2 fully saturated rings. The summed E-state index contributed by atoms with van der Waals surface area (Å²) in [5.74, 6) is 1.12. The zero-order chi connectivity index (χ0) is 24.9. The molecule has 0 saturated heterocycles. The van der Waals surface area contributed by atoms with E-state index in [0.29, 0.717) is 17.4 Å². The van der Waals surface area contributed by atoms with E-state index in [1.807, 2.05) is 24.3 Å². The van der Waals surface area contributed by atoms with Crippen LogP contribution in [-0.4, -0.2) is 23.5 Å². The average molecular weight is 507 g/mol. The molecule has 1 aromatic heterocycles. The normalized spacial score (nSPS) is 21.7. The first-order valence-corrected chi connectivity index (χ1v) is 14.6. The van der Waals surface area contributed by atoms with Gasteiger partial charge in [-0.2, -0.15) is 0 Å². The Kier molecular flexibility index (Phi) is 8.05. The molecule has 1 aliphatic heterocycles. The second kappa shape index (κ2) is 11.6. The minimum absolute atomic E-state index is 0.0245. The number of carbonyl (C=O) groups excluding carboxylic acids is 2. The number of thiazole rings is 1. The van der Waals surface area contributed by atoms with Crippen LogP contribution in [0.4, 0.5) is 4.79 Å². The van der Waals surface area contributed by atoms with Gasteiger partial charge in [0.25, 0.3) is 5.91 Å². The number of carbonyl (C=O) groups is 2. The van der Waals surface area contributed by atoms with Crippen LogP contribution in [-0.2, 0) is 0 Å². The molecule has 3 amide bonds. The molecule has 1 atom stereocenters. The Hall–Kier alpha value is -2.67. The van der Waals surface area contributed by atoms with E-state index < -0.39 is 0 Å². The third-order valence-electron chi connectivity index (χ3n) is 8.07. The van der Waals surface area contributed by atoms with Gasteiger partial charge in [-0.15, -0.1) is 11.3 Å². The van der Waals surface area contributed by atoms with Crippen molar-refractivity contribution >= 4 is 28.8 Å². The number of hydrogen-bond acceptors (Lipinski definition) is 4. The lowest BCUT2D eigenvalue weighted by Crippen LogP contribution is -2.43. The van der Waals surface area contributed by atoms with Gasteiger partial charge in [0.2, 0.25) is 0 Å². The summed E-state index contributed by atoms with van der Waals surface area (Å²) < 4.78 is 0. The van der Waals surface area contributed by atoms with Gasteiger partial charge in [-0.3, -0.25) is 4.79 Å². The summed E-state index contributed by atoms with van der Waals surface area (Å²) in [6.45, 7) is 2.82. The van der Waals surface area contributed by atoms with Crippen LogP contribution in [0.2, 0.25) is 0 Å². The topological polar surface area (TPSA) is 83.1 Å². The smallest absolute Gasteiger partial charge is 0.319 e. The number of aromatic nitrogens is 1. The fraction of sp³-hybridized carbons (Fsp3) is 0.552. The van der Waals surface area contributed by atoms with Gasteiger partial charge in [0, 0.05) is 34.7 Å².